The summed E-state index contributed by atoms with van der Waals surface area (Å²) in [5.74, 6) is 0.369. The average molecular weight is 508 g/mol. The molecule has 0 aliphatic carbocycles. The van der Waals surface area contributed by atoms with Crippen LogP contribution >= 0.6 is 0 Å². The van der Waals surface area contributed by atoms with Crippen molar-refractivity contribution in [2.75, 3.05) is 31.1 Å². The maximum absolute atomic E-state index is 13.4. The highest BCUT2D eigenvalue weighted by atomic mass is 16.6. The number of ether oxygens (including phenoxy) is 2. The average Bonchev–Trinajstić information content (AvgIpc) is 3.37. The lowest BCUT2D eigenvalue weighted by molar-refractivity contribution is -0.159. The Balaban J connectivity index is 1.59. The summed E-state index contributed by atoms with van der Waals surface area (Å²) in [6.45, 7) is 11.1. The Hall–Kier alpha value is -3.95. The van der Waals surface area contributed by atoms with Gasteiger partial charge in [0.25, 0.3) is 5.91 Å². The van der Waals surface area contributed by atoms with E-state index in [9.17, 15) is 14.4 Å². The summed E-state index contributed by atoms with van der Waals surface area (Å²) in [6.07, 6.45) is 7.66. The van der Waals surface area contributed by atoms with Crippen molar-refractivity contribution in [1.29, 1.82) is 0 Å². The van der Waals surface area contributed by atoms with Crippen LogP contribution in [-0.2, 0) is 14.3 Å². The molecule has 2 aliphatic rings. The molecule has 10 heteroatoms. The van der Waals surface area contributed by atoms with Crippen molar-refractivity contribution in [2.45, 2.75) is 51.7 Å². The Labute approximate surface area is 216 Å². The number of amides is 1. The van der Waals surface area contributed by atoms with Crippen LogP contribution < -0.4 is 15.1 Å². The zero-order valence-corrected chi connectivity index (χ0v) is 21.6. The maximum Gasteiger partial charge on any atom is 0.329 e. The van der Waals surface area contributed by atoms with E-state index in [4.69, 9.17) is 9.47 Å². The number of likely N-dealkylation sites (tertiary alicyclic amines) is 1. The lowest BCUT2D eigenvalue weighted by Crippen LogP contribution is -2.43. The number of carbonyl (C=O) groups excluding carboxylic acids is 3. The number of fused-ring (bicyclic) bond motifs is 1. The molecule has 2 aromatic heterocycles. The van der Waals surface area contributed by atoms with E-state index in [-0.39, 0.29) is 5.91 Å². The molecule has 10 nitrogen and oxygen atoms in total. The van der Waals surface area contributed by atoms with Crippen LogP contribution in [0.5, 0.6) is 5.75 Å². The van der Waals surface area contributed by atoms with Crippen LogP contribution in [0.1, 0.15) is 50.4 Å². The fourth-order valence-electron chi connectivity index (χ4n) is 4.40. The predicted octanol–water partition coefficient (Wildman–Crippen LogP) is 2.88. The number of aromatic nitrogens is 2. The van der Waals surface area contributed by atoms with Gasteiger partial charge in [-0.05, 0) is 52.2 Å². The van der Waals surface area contributed by atoms with E-state index in [2.05, 4.69) is 16.6 Å². The summed E-state index contributed by atoms with van der Waals surface area (Å²) >= 11 is 0. The Morgan fingerprint density at radius 3 is 2.84 bits per heavy atom. The minimum absolute atomic E-state index is 0.278. The third kappa shape index (κ3) is 5.90. The van der Waals surface area contributed by atoms with Crippen LogP contribution in [0.15, 0.2) is 48.2 Å². The van der Waals surface area contributed by atoms with Crippen molar-refractivity contribution < 1.29 is 23.9 Å². The molecule has 196 valence electrons. The van der Waals surface area contributed by atoms with Gasteiger partial charge in [-0.2, -0.15) is 0 Å². The monoisotopic (exact) mass is 507 g/mol. The molecular formula is C27H33N5O5. The van der Waals surface area contributed by atoms with Gasteiger partial charge >= 0.3 is 5.97 Å². The smallest absolute Gasteiger partial charge is 0.329 e. The molecular weight excluding hydrogens is 474 g/mol. The summed E-state index contributed by atoms with van der Waals surface area (Å²) in [5.41, 5.74) is 1.05. The van der Waals surface area contributed by atoms with E-state index in [1.165, 1.54) is 10.8 Å². The predicted molar refractivity (Wildman–Crippen MR) is 138 cm³/mol. The lowest BCUT2D eigenvalue weighted by Gasteiger charge is -2.31. The van der Waals surface area contributed by atoms with Gasteiger partial charge in [-0.3, -0.25) is 19.1 Å². The van der Waals surface area contributed by atoms with Gasteiger partial charge in [0.15, 0.2) is 11.6 Å². The molecule has 0 spiro atoms. The third-order valence-electron chi connectivity index (χ3n) is 6.08. The molecule has 0 bridgehead atoms. The van der Waals surface area contributed by atoms with Crippen LogP contribution in [0, 0.1) is 0 Å². The molecule has 0 radical (unpaired) electrons. The first kappa shape index (κ1) is 26.1. The molecule has 1 saturated heterocycles. The van der Waals surface area contributed by atoms with Crippen LogP contribution in [0.2, 0.25) is 0 Å². The third-order valence-corrected chi connectivity index (χ3v) is 6.08. The van der Waals surface area contributed by atoms with E-state index in [0.29, 0.717) is 68.1 Å². The highest BCUT2D eigenvalue weighted by Crippen LogP contribution is 2.35. The Morgan fingerprint density at radius 1 is 1.30 bits per heavy atom. The summed E-state index contributed by atoms with van der Waals surface area (Å²) in [5, 5.41) is 0. The molecule has 2 aliphatic heterocycles. The number of nitrogens with zero attached hydrogens (tertiary/aromatic N) is 5. The second-order valence-corrected chi connectivity index (χ2v) is 9.95. The van der Waals surface area contributed by atoms with Gasteiger partial charge < -0.3 is 19.3 Å². The fraction of sp³-hybridized carbons (Fsp3) is 0.444. The van der Waals surface area contributed by atoms with E-state index >= 15 is 0 Å². The molecule has 1 amide bonds. The minimum Gasteiger partial charge on any atom is -0.488 e. The second-order valence-electron chi connectivity index (χ2n) is 9.95. The normalized spacial score (nSPS) is 17.7. The fourth-order valence-corrected chi connectivity index (χ4v) is 4.40. The molecule has 0 aromatic carbocycles. The highest BCUT2D eigenvalue weighted by Gasteiger charge is 2.38. The first-order valence-corrected chi connectivity index (χ1v) is 12.4. The number of rotatable bonds is 7. The summed E-state index contributed by atoms with van der Waals surface area (Å²) < 4.78 is 12.8. The van der Waals surface area contributed by atoms with Crippen molar-refractivity contribution in [1.82, 2.24) is 14.5 Å². The number of hydrogen-bond acceptors (Lipinski definition) is 8. The van der Waals surface area contributed by atoms with Crippen molar-refractivity contribution in [3.63, 3.8) is 0 Å². The number of esters is 1. The molecule has 4 heterocycles. The van der Waals surface area contributed by atoms with E-state index in [1.54, 1.807) is 23.2 Å². The van der Waals surface area contributed by atoms with E-state index < -0.39 is 17.6 Å². The van der Waals surface area contributed by atoms with Gasteiger partial charge in [0.2, 0.25) is 6.41 Å². The highest BCUT2D eigenvalue weighted by molar-refractivity contribution is 5.97. The number of hydrogen-bond donors (Lipinski definition) is 0. The maximum atomic E-state index is 13.4. The van der Waals surface area contributed by atoms with E-state index in [0.717, 1.165) is 12.1 Å². The SMILES string of the molecule is C=CCCN=c1cc(N2CCOc3cc(C(=O)N4CCC[C@H]4C(=O)OC(C)(C)C)cnc32)ccn1C=O. The van der Waals surface area contributed by atoms with Crippen molar-refractivity contribution >= 4 is 29.8 Å². The topological polar surface area (TPSA) is 106 Å². The van der Waals surface area contributed by atoms with Crippen molar-refractivity contribution in [2.24, 2.45) is 4.99 Å². The standard InChI is InChI=1S/C27H33N5O5/c1-5-6-10-28-23-16-20(9-12-30(23)18-33)31-13-14-36-22-15-19(17-29-24(22)31)25(34)32-11-7-8-21(32)26(35)37-27(2,3)4/h5,9,12,15-18,21H,1,6-8,10-11,13-14H2,2-4H3/t21-/m0/s1. The largest absolute Gasteiger partial charge is 0.488 e. The van der Waals surface area contributed by atoms with Crippen molar-refractivity contribution in [3.05, 3.63) is 54.3 Å². The number of carbonyl (C=O) groups is 3. The second kappa shape index (κ2) is 11.0. The lowest BCUT2D eigenvalue weighted by atomic mass is 10.1. The zero-order chi connectivity index (χ0) is 26.6. The molecule has 37 heavy (non-hydrogen) atoms. The molecule has 1 atom stereocenters. The van der Waals surface area contributed by atoms with Gasteiger partial charge in [-0.25, -0.2) is 9.78 Å². The van der Waals surface area contributed by atoms with Gasteiger partial charge in [0.1, 0.15) is 23.7 Å². The molecule has 0 N–H and O–H groups in total. The van der Waals surface area contributed by atoms with Crippen LogP contribution in [0.3, 0.4) is 0 Å². The summed E-state index contributed by atoms with van der Waals surface area (Å²) in [4.78, 5) is 50.1. The van der Waals surface area contributed by atoms with Gasteiger partial charge in [0, 0.05) is 37.2 Å². The number of anilines is 2. The van der Waals surface area contributed by atoms with Gasteiger partial charge in [-0.15, -0.1) is 6.58 Å². The number of pyridine rings is 2. The molecule has 2 aromatic rings. The first-order valence-electron chi connectivity index (χ1n) is 12.4. The molecule has 0 unspecified atom stereocenters. The Morgan fingerprint density at radius 2 is 2.11 bits per heavy atom. The molecule has 4 rings (SSSR count). The van der Waals surface area contributed by atoms with Gasteiger partial charge in [-0.1, -0.05) is 6.08 Å². The first-order chi connectivity index (χ1) is 17.7. The quantitative estimate of drug-likeness (QED) is 0.246. The molecule has 0 saturated carbocycles. The van der Waals surface area contributed by atoms with Gasteiger partial charge in [0.05, 0.1) is 12.1 Å². The molecule has 1 fully saturated rings. The Bertz CT molecular complexity index is 1260. The Kier molecular flexibility index (Phi) is 7.75. The van der Waals surface area contributed by atoms with Crippen LogP contribution in [0.4, 0.5) is 11.5 Å². The van der Waals surface area contributed by atoms with E-state index in [1.807, 2.05) is 37.8 Å². The van der Waals surface area contributed by atoms with Crippen LogP contribution in [-0.4, -0.2) is 70.6 Å². The minimum atomic E-state index is -0.625. The van der Waals surface area contributed by atoms with Crippen LogP contribution in [0.25, 0.3) is 0 Å². The summed E-state index contributed by atoms with van der Waals surface area (Å²) in [6, 6.07) is 4.69. The zero-order valence-electron chi connectivity index (χ0n) is 21.6. The van der Waals surface area contributed by atoms with Crippen molar-refractivity contribution in [3.8, 4) is 5.75 Å². The summed E-state index contributed by atoms with van der Waals surface area (Å²) in [7, 11) is 0.